The first-order valence-electron chi connectivity index (χ1n) is 5.31. The van der Waals surface area contributed by atoms with Gasteiger partial charge in [0.2, 0.25) is 0 Å². The summed E-state index contributed by atoms with van der Waals surface area (Å²) in [6, 6.07) is 4.68. The number of benzene rings is 1. The third-order valence-electron chi connectivity index (χ3n) is 2.46. The fourth-order valence-electron chi connectivity index (χ4n) is 1.65. The van der Waals surface area contributed by atoms with E-state index in [0.29, 0.717) is 27.9 Å². The molecule has 0 spiro atoms. The third kappa shape index (κ3) is 4.65. The number of aliphatic hydroxyl groups excluding tert-OH is 1. The molecule has 0 aromatic heterocycles. The molecule has 0 radical (unpaired) electrons. The number of aliphatic hydroxyl groups is 1. The maximum absolute atomic E-state index is 9.95. The van der Waals surface area contributed by atoms with Crippen molar-refractivity contribution in [3.8, 4) is 0 Å². The van der Waals surface area contributed by atoms with Gasteiger partial charge in [0.15, 0.2) is 0 Å². The van der Waals surface area contributed by atoms with E-state index in [1.807, 2.05) is 13.8 Å². The Bertz CT molecular complexity index is 337. The maximum Gasteiger partial charge on any atom is 0.0736 e. The zero-order valence-electron chi connectivity index (χ0n) is 9.86. The number of hydrogen-bond acceptors (Lipinski definition) is 2. The first-order chi connectivity index (χ1) is 7.43. The molecule has 2 nitrogen and oxygen atoms in total. The minimum atomic E-state index is -0.627. The molecule has 0 aliphatic heterocycles. The molecule has 0 aliphatic carbocycles. The van der Waals surface area contributed by atoms with Crippen LogP contribution in [-0.2, 0) is 0 Å². The molecule has 1 rings (SSSR count). The highest BCUT2D eigenvalue weighted by molar-refractivity contribution is 6.36. The van der Waals surface area contributed by atoms with E-state index in [1.165, 1.54) is 0 Å². The van der Waals surface area contributed by atoms with Crippen LogP contribution in [0.15, 0.2) is 18.2 Å². The Hall–Kier alpha value is 0.01000. The lowest BCUT2D eigenvalue weighted by Crippen LogP contribution is -2.28. The SMILES string of the molecule is CC(C)C[C@H](O)[C@H](N)c1c(Cl)cccc1Cl.Cl. The van der Waals surface area contributed by atoms with E-state index in [0.717, 1.165) is 0 Å². The summed E-state index contributed by atoms with van der Waals surface area (Å²) in [5.74, 6) is 0.377. The molecule has 1 aromatic rings. The highest BCUT2D eigenvalue weighted by Gasteiger charge is 2.22. The fraction of sp³-hybridized carbons (Fsp3) is 0.500. The van der Waals surface area contributed by atoms with Gasteiger partial charge in [-0.05, 0) is 24.5 Å². The second-order valence-corrected chi connectivity index (χ2v) is 5.17. The van der Waals surface area contributed by atoms with Crippen molar-refractivity contribution in [1.29, 1.82) is 0 Å². The Kier molecular flexibility index (Phi) is 7.45. The van der Waals surface area contributed by atoms with E-state index in [1.54, 1.807) is 18.2 Å². The minimum absolute atomic E-state index is 0. The summed E-state index contributed by atoms with van der Waals surface area (Å²) in [6.45, 7) is 4.06. The van der Waals surface area contributed by atoms with Crippen LogP contribution in [0, 0.1) is 5.92 Å². The molecule has 2 atom stereocenters. The zero-order chi connectivity index (χ0) is 12.3. The fourth-order valence-corrected chi connectivity index (χ4v) is 2.30. The highest BCUT2D eigenvalue weighted by Crippen LogP contribution is 2.31. The van der Waals surface area contributed by atoms with E-state index >= 15 is 0 Å². The summed E-state index contributed by atoms with van der Waals surface area (Å²) in [5.41, 5.74) is 6.59. The van der Waals surface area contributed by atoms with Gasteiger partial charge in [0.25, 0.3) is 0 Å². The van der Waals surface area contributed by atoms with Gasteiger partial charge in [-0.3, -0.25) is 0 Å². The van der Waals surface area contributed by atoms with Crippen LogP contribution in [0.2, 0.25) is 10.0 Å². The zero-order valence-corrected chi connectivity index (χ0v) is 12.2. The average Bonchev–Trinajstić information content (AvgIpc) is 2.16. The summed E-state index contributed by atoms with van der Waals surface area (Å²) in [4.78, 5) is 0. The molecule has 1 aromatic carbocycles. The molecular formula is C12H18Cl3NO. The van der Waals surface area contributed by atoms with Crippen LogP contribution in [-0.4, -0.2) is 11.2 Å². The van der Waals surface area contributed by atoms with Crippen LogP contribution in [0.4, 0.5) is 0 Å². The second-order valence-electron chi connectivity index (χ2n) is 4.36. The summed E-state index contributed by atoms with van der Waals surface area (Å²) < 4.78 is 0. The lowest BCUT2D eigenvalue weighted by Gasteiger charge is -2.22. The van der Waals surface area contributed by atoms with Gasteiger partial charge in [-0.25, -0.2) is 0 Å². The van der Waals surface area contributed by atoms with E-state index in [2.05, 4.69) is 0 Å². The molecule has 17 heavy (non-hydrogen) atoms. The van der Waals surface area contributed by atoms with Gasteiger partial charge >= 0.3 is 0 Å². The van der Waals surface area contributed by atoms with Gasteiger partial charge in [-0.15, -0.1) is 12.4 Å². The van der Waals surface area contributed by atoms with Crippen molar-refractivity contribution in [3.05, 3.63) is 33.8 Å². The van der Waals surface area contributed by atoms with Gasteiger partial charge in [0, 0.05) is 15.6 Å². The molecule has 0 bridgehead atoms. The van der Waals surface area contributed by atoms with E-state index in [9.17, 15) is 5.11 Å². The standard InChI is InChI=1S/C12H17Cl2NO.ClH/c1-7(2)6-10(16)12(15)11-8(13)4-3-5-9(11)14;/h3-5,7,10,12,16H,6,15H2,1-2H3;1H/t10-,12-;/m0./s1. The van der Waals surface area contributed by atoms with E-state index in [-0.39, 0.29) is 12.4 Å². The molecule has 0 saturated heterocycles. The summed E-state index contributed by atoms with van der Waals surface area (Å²) in [5, 5.41) is 11.0. The molecule has 0 amide bonds. The number of rotatable bonds is 4. The predicted octanol–water partition coefficient (Wildman–Crippen LogP) is 3.82. The van der Waals surface area contributed by atoms with Crippen LogP contribution in [0.1, 0.15) is 31.9 Å². The summed E-state index contributed by atoms with van der Waals surface area (Å²) in [6.07, 6.45) is 0.000290. The van der Waals surface area contributed by atoms with Gasteiger partial charge in [0.05, 0.1) is 12.1 Å². The maximum atomic E-state index is 9.95. The van der Waals surface area contributed by atoms with Gasteiger partial charge in [0.1, 0.15) is 0 Å². The van der Waals surface area contributed by atoms with Crippen LogP contribution in [0.3, 0.4) is 0 Å². The van der Waals surface area contributed by atoms with Crippen molar-refractivity contribution < 1.29 is 5.11 Å². The topological polar surface area (TPSA) is 46.2 Å². The largest absolute Gasteiger partial charge is 0.391 e. The second kappa shape index (κ2) is 7.45. The monoisotopic (exact) mass is 297 g/mol. The van der Waals surface area contributed by atoms with Crippen LogP contribution in [0.25, 0.3) is 0 Å². The normalized spacial score (nSPS) is 14.3. The molecule has 0 saturated carbocycles. The van der Waals surface area contributed by atoms with E-state index < -0.39 is 12.1 Å². The number of hydrogen-bond donors (Lipinski definition) is 2. The first kappa shape index (κ1) is 17.0. The quantitative estimate of drug-likeness (QED) is 0.887. The van der Waals surface area contributed by atoms with Crippen LogP contribution < -0.4 is 5.73 Å². The van der Waals surface area contributed by atoms with Gasteiger partial charge < -0.3 is 10.8 Å². The average molecular weight is 299 g/mol. The molecule has 0 aliphatic rings. The van der Waals surface area contributed by atoms with Crippen molar-refractivity contribution in [1.82, 2.24) is 0 Å². The van der Waals surface area contributed by atoms with Gasteiger partial charge in [-0.2, -0.15) is 0 Å². The third-order valence-corrected chi connectivity index (χ3v) is 3.12. The minimum Gasteiger partial charge on any atom is -0.391 e. The van der Waals surface area contributed by atoms with Gasteiger partial charge in [-0.1, -0.05) is 43.1 Å². The molecule has 5 heteroatoms. The molecule has 0 heterocycles. The molecule has 0 unspecified atom stereocenters. The summed E-state index contributed by atoms with van der Waals surface area (Å²) in [7, 11) is 0. The van der Waals surface area contributed by atoms with Crippen molar-refractivity contribution in [2.75, 3.05) is 0 Å². The van der Waals surface area contributed by atoms with Crippen LogP contribution in [0.5, 0.6) is 0 Å². The Labute approximate surface area is 119 Å². The smallest absolute Gasteiger partial charge is 0.0736 e. The van der Waals surface area contributed by atoms with Crippen molar-refractivity contribution in [3.63, 3.8) is 0 Å². The lowest BCUT2D eigenvalue weighted by atomic mass is 9.95. The highest BCUT2D eigenvalue weighted by atomic mass is 35.5. The predicted molar refractivity (Wildman–Crippen MR) is 76.1 cm³/mol. The Morgan fingerprint density at radius 2 is 1.71 bits per heavy atom. The lowest BCUT2D eigenvalue weighted by molar-refractivity contribution is 0.121. The summed E-state index contributed by atoms with van der Waals surface area (Å²) >= 11 is 12.1. The molecular weight excluding hydrogens is 280 g/mol. The molecule has 98 valence electrons. The van der Waals surface area contributed by atoms with Crippen LogP contribution >= 0.6 is 35.6 Å². The van der Waals surface area contributed by atoms with Crippen molar-refractivity contribution in [2.24, 2.45) is 11.7 Å². The molecule has 0 fully saturated rings. The number of nitrogens with two attached hydrogens (primary N) is 1. The Balaban J connectivity index is 0.00000256. The Morgan fingerprint density at radius 1 is 1.24 bits per heavy atom. The van der Waals surface area contributed by atoms with Crippen molar-refractivity contribution in [2.45, 2.75) is 32.4 Å². The molecule has 3 N–H and O–H groups in total. The first-order valence-corrected chi connectivity index (χ1v) is 6.06. The van der Waals surface area contributed by atoms with E-state index in [4.69, 9.17) is 28.9 Å². The number of halogens is 3. The Morgan fingerprint density at radius 3 is 2.12 bits per heavy atom. The van der Waals surface area contributed by atoms with Crippen molar-refractivity contribution >= 4 is 35.6 Å².